The molecule has 1 aromatic rings. The molecule has 1 aromatic carbocycles. The summed E-state index contributed by atoms with van der Waals surface area (Å²) in [6.07, 6.45) is -4.88. The average molecular weight is 350 g/mol. The van der Waals surface area contributed by atoms with Gasteiger partial charge in [0.05, 0.1) is 5.69 Å². The van der Waals surface area contributed by atoms with Gasteiger partial charge in [-0.15, -0.1) is 13.2 Å². The first kappa shape index (κ1) is 15.8. The number of nitriles is 1. The van der Waals surface area contributed by atoms with E-state index >= 15 is 0 Å². The molecule has 4 N–H and O–H groups in total. The summed E-state index contributed by atoms with van der Waals surface area (Å²) < 4.78 is 40.9. The van der Waals surface area contributed by atoms with Gasteiger partial charge in [0.1, 0.15) is 6.07 Å². The highest BCUT2D eigenvalue weighted by atomic mass is 79.9. The van der Waals surface area contributed by atoms with Crippen molar-refractivity contribution in [1.82, 2.24) is 0 Å². The maximum atomic E-state index is 12.2. The minimum absolute atomic E-state index is 0.139. The summed E-state index contributed by atoms with van der Waals surface area (Å²) in [5, 5.41) is 19.1. The van der Waals surface area contributed by atoms with Crippen LogP contribution in [0.3, 0.4) is 0 Å². The fourth-order valence-electron chi connectivity index (χ4n) is 1.06. The van der Waals surface area contributed by atoms with Crippen molar-refractivity contribution >= 4 is 33.2 Å². The molecule has 0 fully saturated rings. The van der Waals surface area contributed by atoms with Gasteiger partial charge < -0.3 is 10.5 Å². The molecule has 6 nitrogen and oxygen atoms in total. The van der Waals surface area contributed by atoms with Crippen LogP contribution in [-0.4, -0.2) is 17.9 Å². The van der Waals surface area contributed by atoms with Gasteiger partial charge in [-0.3, -0.25) is 10.8 Å². The lowest BCUT2D eigenvalue weighted by Crippen LogP contribution is -2.22. The van der Waals surface area contributed by atoms with Crippen LogP contribution in [0.4, 0.5) is 18.9 Å². The molecule has 0 aliphatic rings. The number of hydrogen-bond acceptors (Lipinski definition) is 5. The Labute approximate surface area is 119 Å². The molecule has 0 heterocycles. The quantitative estimate of drug-likeness (QED) is 0.441. The Morgan fingerprint density at radius 1 is 1.50 bits per heavy atom. The van der Waals surface area contributed by atoms with Crippen molar-refractivity contribution in [2.75, 3.05) is 5.43 Å². The number of alkyl halides is 3. The lowest BCUT2D eigenvalue weighted by Gasteiger charge is -2.13. The highest BCUT2D eigenvalue weighted by Gasteiger charge is 2.32. The molecule has 0 radical (unpaired) electrons. The summed E-state index contributed by atoms with van der Waals surface area (Å²) in [5.74, 6) is -1.16. The summed E-state index contributed by atoms with van der Waals surface area (Å²) in [4.78, 5) is 0. The van der Waals surface area contributed by atoms with E-state index in [0.717, 1.165) is 6.07 Å². The number of halogens is 4. The van der Waals surface area contributed by atoms with Crippen molar-refractivity contribution in [3.05, 3.63) is 22.7 Å². The summed E-state index contributed by atoms with van der Waals surface area (Å²) in [6, 6.07) is 5.29. The summed E-state index contributed by atoms with van der Waals surface area (Å²) in [7, 11) is 0. The zero-order chi connectivity index (χ0) is 15.3. The minimum Gasteiger partial charge on any atom is -0.403 e. The predicted octanol–water partition coefficient (Wildman–Crippen LogP) is 2.58. The number of rotatable bonds is 4. The topological polar surface area (TPSA) is 107 Å². The number of nitrogens with one attached hydrogen (secondary N) is 2. The average Bonchev–Trinajstić information content (AvgIpc) is 2.29. The van der Waals surface area contributed by atoms with E-state index in [9.17, 15) is 13.2 Å². The van der Waals surface area contributed by atoms with Gasteiger partial charge in [-0.2, -0.15) is 10.4 Å². The Balaban J connectivity index is 3.07. The van der Waals surface area contributed by atoms with E-state index in [1.165, 1.54) is 18.2 Å². The highest BCUT2D eigenvalue weighted by molar-refractivity contribution is 9.10. The third-order valence-electron chi connectivity index (χ3n) is 1.82. The van der Waals surface area contributed by atoms with Gasteiger partial charge in [-0.05, 0) is 18.2 Å². The van der Waals surface area contributed by atoms with Crippen molar-refractivity contribution in [3.63, 3.8) is 0 Å². The molecule has 0 aliphatic heterocycles. The van der Waals surface area contributed by atoms with Crippen LogP contribution in [0.5, 0.6) is 5.75 Å². The van der Waals surface area contributed by atoms with E-state index in [-0.39, 0.29) is 5.69 Å². The van der Waals surface area contributed by atoms with E-state index in [1.54, 1.807) is 0 Å². The van der Waals surface area contributed by atoms with Crippen LogP contribution in [0.25, 0.3) is 0 Å². The summed E-state index contributed by atoms with van der Waals surface area (Å²) in [6.45, 7) is 0. The predicted molar refractivity (Wildman–Crippen MR) is 69.4 cm³/mol. The Bertz CT molecular complexity index is 594. The Morgan fingerprint density at radius 3 is 2.65 bits per heavy atom. The molecule has 0 bridgehead atoms. The zero-order valence-corrected chi connectivity index (χ0v) is 11.2. The van der Waals surface area contributed by atoms with Crippen LogP contribution in [0, 0.1) is 16.7 Å². The molecule has 10 heteroatoms. The van der Waals surface area contributed by atoms with E-state index in [2.05, 4.69) is 31.2 Å². The molecule has 0 atom stereocenters. The third kappa shape index (κ3) is 4.77. The molecule has 1 rings (SSSR count). The number of hydrazone groups is 1. The Hall–Kier alpha value is -2.28. The second-order valence-electron chi connectivity index (χ2n) is 3.29. The van der Waals surface area contributed by atoms with Crippen molar-refractivity contribution in [2.45, 2.75) is 6.36 Å². The number of nitrogens with zero attached hydrogens (tertiary/aromatic N) is 2. The first-order chi connectivity index (χ1) is 9.23. The molecule has 0 unspecified atom stereocenters. The van der Waals surface area contributed by atoms with Crippen molar-refractivity contribution in [1.29, 1.82) is 10.7 Å². The summed E-state index contributed by atoms with van der Waals surface area (Å²) >= 11 is 3.00. The number of anilines is 1. The Morgan fingerprint density at radius 2 is 2.15 bits per heavy atom. The lowest BCUT2D eigenvalue weighted by atomic mass is 10.3. The fourth-order valence-corrected chi connectivity index (χ4v) is 1.40. The van der Waals surface area contributed by atoms with Gasteiger partial charge in [0.25, 0.3) is 0 Å². The largest absolute Gasteiger partial charge is 0.573 e. The van der Waals surface area contributed by atoms with E-state index in [1.807, 2.05) is 0 Å². The van der Waals surface area contributed by atoms with Gasteiger partial charge in [-0.1, -0.05) is 15.9 Å². The second kappa shape index (κ2) is 6.25. The molecule has 106 valence electrons. The number of nitrogens with two attached hydrogens (primary N) is 1. The third-order valence-corrected chi connectivity index (χ3v) is 2.31. The van der Waals surface area contributed by atoms with Crippen molar-refractivity contribution < 1.29 is 17.9 Å². The number of amidine groups is 1. The summed E-state index contributed by atoms with van der Waals surface area (Å²) in [5.41, 5.74) is 6.63. The van der Waals surface area contributed by atoms with Gasteiger partial charge in [-0.25, -0.2) is 0 Å². The number of ether oxygens (including phenoxy) is 1. The maximum absolute atomic E-state index is 12.2. The van der Waals surface area contributed by atoms with Crippen molar-refractivity contribution in [3.8, 4) is 11.8 Å². The van der Waals surface area contributed by atoms with E-state index in [0.29, 0.717) is 4.47 Å². The van der Waals surface area contributed by atoms with Crippen LogP contribution in [0.2, 0.25) is 0 Å². The molecule has 0 amide bonds. The fraction of sp³-hybridized carbons (Fsp3) is 0.100. The monoisotopic (exact) mass is 349 g/mol. The molecule has 0 aromatic heterocycles. The minimum atomic E-state index is -4.88. The van der Waals surface area contributed by atoms with Crippen LogP contribution < -0.4 is 15.9 Å². The molecule has 20 heavy (non-hydrogen) atoms. The standard InChI is InChI=1S/C10H7BrF3N5O/c11-5-1-2-6(8(3-5)20-10(12,13)14)18-19-7(4-15)9(16)17/h1-3,18H,(H3,16,17)/b19-7+. The van der Waals surface area contributed by atoms with Crippen LogP contribution in [-0.2, 0) is 0 Å². The molecular formula is C10H7BrF3N5O. The van der Waals surface area contributed by atoms with Gasteiger partial charge >= 0.3 is 6.36 Å². The second-order valence-corrected chi connectivity index (χ2v) is 4.20. The normalized spacial score (nSPS) is 11.7. The smallest absolute Gasteiger partial charge is 0.403 e. The maximum Gasteiger partial charge on any atom is 0.573 e. The first-order valence-corrected chi connectivity index (χ1v) is 5.65. The molecule has 0 spiro atoms. The Kier molecular flexibility index (Phi) is 4.93. The van der Waals surface area contributed by atoms with Crippen molar-refractivity contribution in [2.24, 2.45) is 10.8 Å². The van der Waals surface area contributed by atoms with E-state index in [4.69, 9.17) is 16.4 Å². The number of hydrogen-bond donors (Lipinski definition) is 3. The van der Waals surface area contributed by atoms with Gasteiger partial charge in [0.15, 0.2) is 11.6 Å². The molecule has 0 aliphatic carbocycles. The van der Waals surface area contributed by atoms with E-state index < -0.39 is 23.7 Å². The van der Waals surface area contributed by atoms with Crippen LogP contribution >= 0.6 is 15.9 Å². The first-order valence-electron chi connectivity index (χ1n) is 4.86. The molecule has 0 saturated carbocycles. The zero-order valence-electron chi connectivity index (χ0n) is 9.62. The molecule has 0 saturated heterocycles. The van der Waals surface area contributed by atoms with Gasteiger partial charge in [0, 0.05) is 4.47 Å². The van der Waals surface area contributed by atoms with Crippen LogP contribution in [0.15, 0.2) is 27.8 Å². The van der Waals surface area contributed by atoms with Gasteiger partial charge in [0.2, 0.25) is 5.71 Å². The number of benzene rings is 1. The SMILES string of the molecule is N#C/C(=N\Nc1ccc(Br)cc1OC(F)(F)F)C(=N)N. The highest BCUT2D eigenvalue weighted by Crippen LogP contribution is 2.32. The molecular weight excluding hydrogens is 343 g/mol. The lowest BCUT2D eigenvalue weighted by molar-refractivity contribution is -0.274. The van der Waals surface area contributed by atoms with Crippen LogP contribution in [0.1, 0.15) is 0 Å².